The third-order valence-corrected chi connectivity index (χ3v) is 3.71. The van der Waals surface area contributed by atoms with E-state index < -0.39 is 11.6 Å². The van der Waals surface area contributed by atoms with Crippen molar-refractivity contribution >= 4 is 21.6 Å². The van der Waals surface area contributed by atoms with Gasteiger partial charge in [0.2, 0.25) is 0 Å². The molecule has 0 spiro atoms. The van der Waals surface area contributed by atoms with Crippen LogP contribution in [0.1, 0.15) is 11.1 Å². The molecule has 2 rings (SSSR count). The molecule has 0 radical (unpaired) electrons. The number of hydrogen-bond donors (Lipinski definition) is 1. The molecule has 0 aliphatic carbocycles. The Kier molecular flexibility index (Phi) is 3.97. The molecule has 0 unspecified atom stereocenters. The second-order valence-electron chi connectivity index (χ2n) is 4.04. The van der Waals surface area contributed by atoms with E-state index in [9.17, 15) is 8.78 Å². The lowest BCUT2D eigenvalue weighted by Gasteiger charge is -2.10. The Morgan fingerprint density at radius 2 is 1.89 bits per heavy atom. The van der Waals surface area contributed by atoms with Gasteiger partial charge >= 0.3 is 0 Å². The maximum Gasteiger partial charge on any atom is 0.159 e. The van der Waals surface area contributed by atoms with E-state index in [1.165, 1.54) is 6.07 Å². The minimum atomic E-state index is -0.824. The Hall–Kier alpha value is -1.42. The van der Waals surface area contributed by atoms with Crippen LogP contribution in [0.4, 0.5) is 14.5 Å². The Morgan fingerprint density at radius 1 is 1.11 bits per heavy atom. The second kappa shape index (κ2) is 5.48. The summed E-state index contributed by atoms with van der Waals surface area (Å²) in [6, 6.07) is 9.76. The van der Waals surface area contributed by atoms with Crippen molar-refractivity contribution in [3.8, 4) is 0 Å². The summed E-state index contributed by atoms with van der Waals surface area (Å²) in [5.74, 6) is -1.65. The summed E-state index contributed by atoms with van der Waals surface area (Å²) in [5, 5.41) is 3.18. The monoisotopic (exact) mass is 311 g/mol. The summed E-state index contributed by atoms with van der Waals surface area (Å²) in [7, 11) is 0. The maximum absolute atomic E-state index is 13.0. The van der Waals surface area contributed by atoms with E-state index in [1.807, 2.05) is 25.1 Å². The average Bonchev–Trinajstić information content (AvgIpc) is 2.35. The molecule has 1 nitrogen and oxygen atoms in total. The van der Waals surface area contributed by atoms with Crippen molar-refractivity contribution in [2.75, 3.05) is 5.32 Å². The normalized spacial score (nSPS) is 10.4. The van der Waals surface area contributed by atoms with E-state index in [0.29, 0.717) is 12.1 Å². The molecular weight excluding hydrogens is 300 g/mol. The smallest absolute Gasteiger partial charge is 0.159 e. The van der Waals surface area contributed by atoms with Crippen molar-refractivity contribution in [1.29, 1.82) is 0 Å². The summed E-state index contributed by atoms with van der Waals surface area (Å²) in [4.78, 5) is 0. The molecule has 0 aliphatic rings. The van der Waals surface area contributed by atoms with Crippen molar-refractivity contribution < 1.29 is 8.78 Å². The third-order valence-electron chi connectivity index (χ3n) is 2.66. The minimum absolute atomic E-state index is 0.444. The van der Waals surface area contributed by atoms with Gasteiger partial charge in [0, 0.05) is 16.7 Å². The fraction of sp³-hybridized carbons (Fsp3) is 0.143. The lowest BCUT2D eigenvalue weighted by molar-refractivity contribution is 0.507. The van der Waals surface area contributed by atoms with Crippen LogP contribution in [0, 0.1) is 18.6 Å². The number of rotatable bonds is 3. The molecule has 0 aliphatic heterocycles. The van der Waals surface area contributed by atoms with Crippen LogP contribution < -0.4 is 5.32 Å². The Morgan fingerprint density at radius 3 is 2.61 bits per heavy atom. The Balaban J connectivity index is 2.11. The first-order valence-corrected chi connectivity index (χ1v) is 6.30. The lowest BCUT2D eigenvalue weighted by atomic mass is 10.2. The number of nitrogens with one attached hydrogen (secondary N) is 1. The zero-order valence-electron chi connectivity index (χ0n) is 9.81. The third kappa shape index (κ3) is 2.88. The van der Waals surface area contributed by atoms with E-state index in [0.717, 1.165) is 21.8 Å². The van der Waals surface area contributed by atoms with Crippen LogP contribution in [-0.4, -0.2) is 0 Å². The van der Waals surface area contributed by atoms with E-state index in [2.05, 4.69) is 21.2 Å². The molecule has 0 bridgehead atoms. The summed E-state index contributed by atoms with van der Waals surface area (Å²) in [6.45, 7) is 2.44. The highest BCUT2D eigenvalue weighted by Gasteiger charge is 2.04. The van der Waals surface area contributed by atoms with Crippen LogP contribution in [0.2, 0.25) is 0 Å². The van der Waals surface area contributed by atoms with Crippen molar-refractivity contribution in [2.24, 2.45) is 0 Å². The van der Waals surface area contributed by atoms with Gasteiger partial charge in [0.05, 0.1) is 0 Å². The first kappa shape index (κ1) is 13.0. The van der Waals surface area contributed by atoms with Crippen LogP contribution in [0.15, 0.2) is 40.9 Å². The van der Waals surface area contributed by atoms with E-state index >= 15 is 0 Å². The standard InChI is InChI=1S/C14H12BrF2N/c1-9-3-2-4-13(14(9)15)18-8-10-5-6-11(16)12(17)7-10/h2-7,18H,8H2,1H3. The Labute approximate surface area is 113 Å². The molecule has 0 fully saturated rings. The highest BCUT2D eigenvalue weighted by molar-refractivity contribution is 9.10. The minimum Gasteiger partial charge on any atom is -0.380 e. The van der Waals surface area contributed by atoms with Gasteiger partial charge < -0.3 is 5.32 Å². The molecule has 2 aromatic rings. The molecule has 94 valence electrons. The Bertz CT molecular complexity index is 570. The van der Waals surface area contributed by atoms with Crippen LogP contribution in [-0.2, 0) is 6.54 Å². The molecule has 2 aromatic carbocycles. The van der Waals surface area contributed by atoms with Gasteiger partial charge in [-0.05, 0) is 52.2 Å². The molecule has 1 N–H and O–H groups in total. The van der Waals surface area contributed by atoms with Gasteiger partial charge in [-0.3, -0.25) is 0 Å². The maximum atomic E-state index is 13.0. The molecule has 4 heteroatoms. The number of aryl methyl sites for hydroxylation is 1. The summed E-state index contributed by atoms with van der Waals surface area (Å²) < 4.78 is 26.8. The second-order valence-corrected chi connectivity index (χ2v) is 4.83. The van der Waals surface area contributed by atoms with Gasteiger partial charge in [0.1, 0.15) is 0 Å². The predicted molar refractivity (Wildman–Crippen MR) is 72.6 cm³/mol. The van der Waals surface area contributed by atoms with E-state index in [1.54, 1.807) is 6.07 Å². The lowest BCUT2D eigenvalue weighted by Crippen LogP contribution is -2.01. The quantitative estimate of drug-likeness (QED) is 0.870. The topological polar surface area (TPSA) is 12.0 Å². The molecule has 0 heterocycles. The molecular formula is C14H12BrF2N. The van der Waals surface area contributed by atoms with Gasteiger partial charge in [-0.15, -0.1) is 0 Å². The van der Waals surface area contributed by atoms with Crippen molar-refractivity contribution in [1.82, 2.24) is 0 Å². The van der Waals surface area contributed by atoms with Gasteiger partial charge in [-0.25, -0.2) is 8.78 Å². The number of halogens is 3. The molecule has 0 saturated heterocycles. The molecule has 0 atom stereocenters. The molecule has 0 amide bonds. The first-order valence-electron chi connectivity index (χ1n) is 5.51. The van der Waals surface area contributed by atoms with Gasteiger partial charge in [-0.2, -0.15) is 0 Å². The van der Waals surface area contributed by atoms with Crippen LogP contribution in [0.5, 0.6) is 0 Å². The molecule has 18 heavy (non-hydrogen) atoms. The molecule has 0 saturated carbocycles. The number of benzene rings is 2. The summed E-state index contributed by atoms with van der Waals surface area (Å²) >= 11 is 3.48. The number of anilines is 1. The fourth-order valence-electron chi connectivity index (χ4n) is 1.63. The predicted octanol–water partition coefficient (Wildman–Crippen LogP) is 4.65. The fourth-order valence-corrected chi connectivity index (χ4v) is 2.04. The van der Waals surface area contributed by atoms with Crippen molar-refractivity contribution in [3.05, 3.63) is 63.6 Å². The van der Waals surface area contributed by atoms with Crippen LogP contribution in [0.3, 0.4) is 0 Å². The van der Waals surface area contributed by atoms with E-state index in [-0.39, 0.29) is 0 Å². The zero-order valence-corrected chi connectivity index (χ0v) is 11.4. The molecule has 0 aromatic heterocycles. The first-order chi connectivity index (χ1) is 8.58. The van der Waals surface area contributed by atoms with Gasteiger partial charge in [0.25, 0.3) is 0 Å². The highest BCUT2D eigenvalue weighted by atomic mass is 79.9. The number of hydrogen-bond acceptors (Lipinski definition) is 1. The largest absolute Gasteiger partial charge is 0.380 e. The summed E-state index contributed by atoms with van der Waals surface area (Å²) in [5.41, 5.74) is 2.74. The van der Waals surface area contributed by atoms with Gasteiger partial charge in [0.15, 0.2) is 11.6 Å². The van der Waals surface area contributed by atoms with Gasteiger partial charge in [-0.1, -0.05) is 18.2 Å². The van der Waals surface area contributed by atoms with Crippen LogP contribution in [0.25, 0.3) is 0 Å². The summed E-state index contributed by atoms with van der Waals surface area (Å²) in [6.07, 6.45) is 0. The SMILES string of the molecule is Cc1cccc(NCc2ccc(F)c(F)c2)c1Br. The van der Waals surface area contributed by atoms with Crippen molar-refractivity contribution in [2.45, 2.75) is 13.5 Å². The van der Waals surface area contributed by atoms with Crippen molar-refractivity contribution in [3.63, 3.8) is 0 Å². The van der Waals surface area contributed by atoms with E-state index in [4.69, 9.17) is 0 Å². The average molecular weight is 312 g/mol. The zero-order chi connectivity index (χ0) is 13.1. The van der Waals surface area contributed by atoms with Crippen LogP contribution >= 0.6 is 15.9 Å². The highest BCUT2D eigenvalue weighted by Crippen LogP contribution is 2.26.